The van der Waals surface area contributed by atoms with Crippen LogP contribution in [0.5, 0.6) is 0 Å². The molecule has 1 fully saturated rings. The number of hydrogen-bond donors (Lipinski definition) is 3. The van der Waals surface area contributed by atoms with Crippen molar-refractivity contribution in [1.82, 2.24) is 20.1 Å². The number of nitrogens with two attached hydrogens (primary N) is 1. The zero-order chi connectivity index (χ0) is 18.4. The summed E-state index contributed by atoms with van der Waals surface area (Å²) in [5.74, 6) is -0.622. The van der Waals surface area contributed by atoms with Crippen LogP contribution in [0.1, 0.15) is 54.6 Å². The Morgan fingerprint density at radius 2 is 2.15 bits per heavy atom. The van der Waals surface area contributed by atoms with Gasteiger partial charge in [-0.1, -0.05) is 12.8 Å². The number of halogens is 1. The van der Waals surface area contributed by atoms with E-state index in [2.05, 4.69) is 20.7 Å². The number of amides is 1. The van der Waals surface area contributed by atoms with E-state index in [1.165, 1.54) is 0 Å². The van der Waals surface area contributed by atoms with Crippen molar-refractivity contribution in [3.8, 4) is 11.3 Å². The van der Waals surface area contributed by atoms with E-state index in [-0.39, 0.29) is 23.8 Å². The first-order chi connectivity index (χ1) is 12.5. The maximum Gasteiger partial charge on any atom is 0.254 e. The summed E-state index contributed by atoms with van der Waals surface area (Å²) < 4.78 is 16.8. The van der Waals surface area contributed by atoms with Crippen molar-refractivity contribution in [3.63, 3.8) is 0 Å². The summed E-state index contributed by atoms with van der Waals surface area (Å²) in [5, 5.41) is 10.1. The molecule has 1 amide bonds. The molecule has 4 N–H and O–H groups in total. The quantitative estimate of drug-likeness (QED) is 0.781. The third kappa shape index (κ3) is 2.74. The number of fused-ring (bicyclic) bond motifs is 1. The SMILES string of the molecule is CC1NC(=O)c2c(-c3cnn(C)c3)nc(N[C@@H]3CCCC[C@@H]3N)c(F)c21. The lowest BCUT2D eigenvalue weighted by Crippen LogP contribution is -2.43. The second-order valence-electron chi connectivity index (χ2n) is 7.21. The number of nitrogens with zero attached hydrogens (tertiary/aromatic N) is 3. The first kappa shape index (κ1) is 17.0. The Bertz CT molecular complexity index is 864. The number of pyridine rings is 1. The Hall–Kier alpha value is -2.48. The van der Waals surface area contributed by atoms with Crippen molar-refractivity contribution in [2.24, 2.45) is 12.8 Å². The fourth-order valence-corrected chi connectivity index (χ4v) is 3.92. The van der Waals surface area contributed by atoms with Gasteiger partial charge in [-0.25, -0.2) is 9.37 Å². The fourth-order valence-electron chi connectivity index (χ4n) is 3.92. The number of hydrogen-bond acceptors (Lipinski definition) is 5. The summed E-state index contributed by atoms with van der Waals surface area (Å²) in [7, 11) is 1.79. The van der Waals surface area contributed by atoms with Crippen molar-refractivity contribution in [2.45, 2.75) is 50.7 Å². The minimum Gasteiger partial charge on any atom is -0.363 e. The highest BCUT2D eigenvalue weighted by molar-refractivity contribution is 6.04. The van der Waals surface area contributed by atoms with E-state index in [0.717, 1.165) is 25.7 Å². The van der Waals surface area contributed by atoms with Gasteiger partial charge < -0.3 is 16.4 Å². The van der Waals surface area contributed by atoms with Crippen molar-refractivity contribution >= 4 is 11.7 Å². The van der Waals surface area contributed by atoms with E-state index in [4.69, 9.17) is 5.73 Å². The van der Waals surface area contributed by atoms with Crippen LogP contribution in [0.3, 0.4) is 0 Å². The van der Waals surface area contributed by atoms with E-state index >= 15 is 4.39 Å². The summed E-state index contributed by atoms with van der Waals surface area (Å²) in [6, 6.07) is -0.459. The lowest BCUT2D eigenvalue weighted by atomic mass is 9.91. The highest BCUT2D eigenvalue weighted by Crippen LogP contribution is 2.37. The Morgan fingerprint density at radius 3 is 2.85 bits per heavy atom. The predicted molar refractivity (Wildman–Crippen MR) is 96.1 cm³/mol. The first-order valence-corrected chi connectivity index (χ1v) is 9.01. The molecule has 1 aliphatic carbocycles. The van der Waals surface area contributed by atoms with Gasteiger partial charge in [-0.2, -0.15) is 5.10 Å². The highest BCUT2D eigenvalue weighted by atomic mass is 19.1. The summed E-state index contributed by atoms with van der Waals surface area (Å²) >= 11 is 0. The molecule has 1 aliphatic heterocycles. The van der Waals surface area contributed by atoms with Crippen LogP contribution in [-0.2, 0) is 7.05 Å². The Morgan fingerprint density at radius 1 is 1.38 bits per heavy atom. The highest BCUT2D eigenvalue weighted by Gasteiger charge is 2.35. The number of aromatic nitrogens is 3. The second-order valence-corrected chi connectivity index (χ2v) is 7.21. The molecular weight excluding hydrogens is 335 g/mol. The van der Waals surface area contributed by atoms with Gasteiger partial charge in [-0.05, 0) is 19.8 Å². The molecular formula is C18H23FN6O. The Labute approximate surface area is 151 Å². The number of aryl methyl sites for hydroxylation is 1. The van der Waals surface area contributed by atoms with Crippen LogP contribution in [-0.4, -0.2) is 32.8 Å². The molecule has 0 spiro atoms. The maximum absolute atomic E-state index is 15.2. The van der Waals surface area contributed by atoms with Crippen molar-refractivity contribution in [2.75, 3.05) is 5.32 Å². The topological polar surface area (TPSA) is 97.9 Å². The standard InChI is InChI=1S/C18H23FN6O/c1-9-13-14(18(26)22-9)16(10-7-21-25(2)8-10)24-17(15(13)19)23-12-6-4-3-5-11(12)20/h7-9,11-12H,3-6,20H2,1-2H3,(H,22,26)(H,23,24)/t9?,11-,12+/m0/s1. The van der Waals surface area contributed by atoms with Crippen LogP contribution in [0, 0.1) is 5.82 Å². The largest absolute Gasteiger partial charge is 0.363 e. The molecule has 26 heavy (non-hydrogen) atoms. The fraction of sp³-hybridized carbons (Fsp3) is 0.500. The molecule has 2 aromatic rings. The lowest BCUT2D eigenvalue weighted by Gasteiger charge is -2.30. The average molecular weight is 358 g/mol. The molecule has 7 nitrogen and oxygen atoms in total. The number of rotatable bonds is 3. The molecule has 0 radical (unpaired) electrons. The summed E-state index contributed by atoms with van der Waals surface area (Å²) in [6.45, 7) is 1.77. The van der Waals surface area contributed by atoms with E-state index < -0.39 is 11.9 Å². The van der Waals surface area contributed by atoms with Crippen LogP contribution in [0.15, 0.2) is 12.4 Å². The third-order valence-corrected chi connectivity index (χ3v) is 5.30. The zero-order valence-electron chi connectivity index (χ0n) is 14.9. The average Bonchev–Trinajstić information content (AvgIpc) is 3.16. The van der Waals surface area contributed by atoms with Crippen molar-refractivity contribution in [1.29, 1.82) is 0 Å². The van der Waals surface area contributed by atoms with Gasteiger partial charge in [-0.3, -0.25) is 9.48 Å². The minimum atomic E-state index is -0.476. The van der Waals surface area contributed by atoms with Crippen molar-refractivity contribution < 1.29 is 9.18 Å². The van der Waals surface area contributed by atoms with E-state index in [9.17, 15) is 4.79 Å². The Balaban J connectivity index is 1.82. The maximum atomic E-state index is 15.2. The molecule has 2 aromatic heterocycles. The number of nitrogens with one attached hydrogen (secondary N) is 2. The van der Waals surface area contributed by atoms with Gasteiger partial charge in [0.2, 0.25) is 0 Å². The molecule has 0 saturated heterocycles. The number of anilines is 1. The van der Waals surface area contributed by atoms with Gasteiger partial charge in [0, 0.05) is 36.5 Å². The van der Waals surface area contributed by atoms with Gasteiger partial charge in [0.15, 0.2) is 11.6 Å². The third-order valence-electron chi connectivity index (χ3n) is 5.30. The van der Waals surface area contributed by atoms with Crippen molar-refractivity contribution in [3.05, 3.63) is 29.3 Å². The molecule has 4 rings (SSSR count). The predicted octanol–water partition coefficient (Wildman–Crippen LogP) is 2.11. The van der Waals surface area contributed by atoms with Gasteiger partial charge in [-0.15, -0.1) is 0 Å². The summed E-state index contributed by atoms with van der Waals surface area (Å²) in [4.78, 5) is 16.9. The van der Waals surface area contributed by atoms with Crippen LogP contribution >= 0.6 is 0 Å². The smallest absolute Gasteiger partial charge is 0.254 e. The summed E-state index contributed by atoms with van der Waals surface area (Å²) in [5.41, 5.74) is 7.98. The molecule has 0 aromatic carbocycles. The first-order valence-electron chi connectivity index (χ1n) is 9.01. The molecule has 1 unspecified atom stereocenters. The molecule has 8 heteroatoms. The molecule has 2 aliphatic rings. The molecule has 138 valence electrons. The monoisotopic (exact) mass is 358 g/mol. The van der Waals surface area contributed by atoms with Crippen LogP contribution in [0.25, 0.3) is 11.3 Å². The van der Waals surface area contributed by atoms with Crippen LogP contribution < -0.4 is 16.4 Å². The molecule has 0 bridgehead atoms. The van der Waals surface area contributed by atoms with Gasteiger partial charge in [0.1, 0.15) is 0 Å². The molecule has 3 atom stereocenters. The van der Waals surface area contributed by atoms with E-state index in [1.54, 1.807) is 31.0 Å². The number of carbonyl (C=O) groups is 1. The number of carbonyl (C=O) groups excluding carboxylic acids is 1. The van der Waals surface area contributed by atoms with Crippen LogP contribution in [0.4, 0.5) is 10.2 Å². The molecule has 1 saturated carbocycles. The van der Waals surface area contributed by atoms with Gasteiger partial charge in [0.25, 0.3) is 5.91 Å². The Kier molecular flexibility index (Phi) is 4.14. The van der Waals surface area contributed by atoms with E-state index in [1.807, 2.05) is 0 Å². The lowest BCUT2D eigenvalue weighted by molar-refractivity contribution is 0.0959. The normalized spacial score (nSPS) is 25.1. The molecule has 3 heterocycles. The van der Waals surface area contributed by atoms with Crippen LogP contribution in [0.2, 0.25) is 0 Å². The minimum absolute atomic E-state index is 0.0223. The van der Waals surface area contributed by atoms with Gasteiger partial charge in [0.05, 0.1) is 23.5 Å². The summed E-state index contributed by atoms with van der Waals surface area (Å²) in [6.07, 6.45) is 7.35. The van der Waals surface area contributed by atoms with Gasteiger partial charge >= 0.3 is 0 Å². The van der Waals surface area contributed by atoms with E-state index in [0.29, 0.717) is 22.4 Å². The second kappa shape index (κ2) is 6.35. The zero-order valence-corrected chi connectivity index (χ0v) is 14.9.